The van der Waals surface area contributed by atoms with Gasteiger partial charge in [0.25, 0.3) is 0 Å². The number of amides is 2. The zero-order valence-corrected chi connectivity index (χ0v) is 20.1. The zero-order chi connectivity index (χ0) is 25.4. The Kier molecular flexibility index (Phi) is 8.84. The van der Waals surface area contributed by atoms with Gasteiger partial charge in [-0.15, -0.1) is 6.58 Å². The molecule has 2 aromatic rings. The van der Waals surface area contributed by atoms with Crippen LogP contribution in [0.15, 0.2) is 72.8 Å². The van der Waals surface area contributed by atoms with Crippen molar-refractivity contribution in [3.05, 3.63) is 84.0 Å². The Hall–Kier alpha value is -3.87. The zero-order valence-electron chi connectivity index (χ0n) is 20.1. The molecule has 0 heterocycles. The first-order valence-corrected chi connectivity index (χ1v) is 11.7. The van der Waals surface area contributed by atoms with Crippen LogP contribution in [0.25, 0.3) is 11.1 Å². The SMILES string of the molecule is C=CCCC(NC(=O)OCC1c2ccccc2-c2ccccc21)C(=O)NC(CC=C(C)C)C(=O)O. The third-order valence-corrected chi connectivity index (χ3v) is 5.99. The van der Waals surface area contributed by atoms with Gasteiger partial charge >= 0.3 is 12.1 Å². The van der Waals surface area contributed by atoms with E-state index in [0.29, 0.717) is 6.42 Å². The summed E-state index contributed by atoms with van der Waals surface area (Å²) >= 11 is 0. The van der Waals surface area contributed by atoms with Gasteiger partial charge in [-0.2, -0.15) is 0 Å². The molecule has 0 saturated carbocycles. The van der Waals surface area contributed by atoms with Crippen LogP contribution < -0.4 is 10.6 Å². The fourth-order valence-electron chi connectivity index (χ4n) is 4.18. The summed E-state index contributed by atoms with van der Waals surface area (Å²) in [6.07, 6.45) is 3.55. The first-order valence-electron chi connectivity index (χ1n) is 11.7. The van der Waals surface area contributed by atoms with Crippen LogP contribution in [-0.4, -0.2) is 41.8 Å². The van der Waals surface area contributed by atoms with Crippen LogP contribution in [0.1, 0.15) is 50.2 Å². The Morgan fingerprint density at radius 1 is 1.00 bits per heavy atom. The van der Waals surface area contributed by atoms with Crippen molar-refractivity contribution >= 4 is 18.0 Å². The Morgan fingerprint density at radius 2 is 1.60 bits per heavy atom. The number of fused-ring (bicyclic) bond motifs is 3. The Morgan fingerprint density at radius 3 is 2.14 bits per heavy atom. The molecule has 2 aromatic carbocycles. The van der Waals surface area contributed by atoms with Crippen molar-refractivity contribution in [1.82, 2.24) is 10.6 Å². The number of allylic oxidation sites excluding steroid dienone is 2. The molecule has 3 N–H and O–H groups in total. The molecular formula is C28H32N2O5. The number of hydrogen-bond acceptors (Lipinski definition) is 4. The maximum absolute atomic E-state index is 12.8. The summed E-state index contributed by atoms with van der Waals surface area (Å²) in [5, 5.41) is 14.6. The van der Waals surface area contributed by atoms with Crippen LogP contribution in [0.2, 0.25) is 0 Å². The second-order valence-corrected chi connectivity index (χ2v) is 8.81. The second kappa shape index (κ2) is 12.0. The third-order valence-electron chi connectivity index (χ3n) is 5.99. The summed E-state index contributed by atoms with van der Waals surface area (Å²) in [5.41, 5.74) is 5.37. The van der Waals surface area contributed by atoms with E-state index in [1.165, 1.54) is 0 Å². The van der Waals surface area contributed by atoms with Crippen molar-refractivity contribution in [2.24, 2.45) is 0 Å². The Balaban J connectivity index is 1.65. The van der Waals surface area contributed by atoms with E-state index in [-0.39, 0.29) is 25.4 Å². The predicted octanol–water partition coefficient (Wildman–Crippen LogP) is 4.79. The molecule has 0 saturated heterocycles. The largest absolute Gasteiger partial charge is 0.480 e. The number of benzene rings is 2. The number of carboxylic acid groups (broad SMARTS) is 1. The molecule has 0 aliphatic heterocycles. The van der Waals surface area contributed by atoms with E-state index in [9.17, 15) is 19.5 Å². The molecule has 1 aliphatic rings. The molecule has 2 amide bonds. The Bertz CT molecular complexity index is 1070. The van der Waals surface area contributed by atoms with Crippen molar-refractivity contribution in [2.75, 3.05) is 6.61 Å². The van der Waals surface area contributed by atoms with Gasteiger partial charge in [-0.3, -0.25) is 4.79 Å². The fraction of sp³-hybridized carbons (Fsp3) is 0.321. The molecule has 0 aromatic heterocycles. The number of nitrogens with one attached hydrogen (secondary N) is 2. The van der Waals surface area contributed by atoms with Crippen molar-refractivity contribution < 1.29 is 24.2 Å². The van der Waals surface area contributed by atoms with Crippen molar-refractivity contribution in [1.29, 1.82) is 0 Å². The molecule has 7 nitrogen and oxygen atoms in total. The number of alkyl carbamates (subject to hydrolysis) is 1. The Labute approximate surface area is 205 Å². The lowest BCUT2D eigenvalue weighted by atomic mass is 9.98. The average Bonchev–Trinajstić information content (AvgIpc) is 3.16. The number of carbonyl (C=O) groups excluding carboxylic acids is 2. The van der Waals surface area contributed by atoms with Gasteiger partial charge in [0.2, 0.25) is 5.91 Å². The molecule has 3 rings (SSSR count). The van der Waals surface area contributed by atoms with Gasteiger partial charge in [-0.05, 0) is 55.4 Å². The van der Waals surface area contributed by atoms with Gasteiger partial charge in [-0.25, -0.2) is 9.59 Å². The smallest absolute Gasteiger partial charge is 0.407 e. The number of rotatable bonds is 11. The van der Waals surface area contributed by atoms with Crippen LogP contribution in [0, 0.1) is 0 Å². The minimum absolute atomic E-state index is 0.103. The van der Waals surface area contributed by atoms with Gasteiger partial charge in [0.05, 0.1) is 0 Å². The number of aliphatic carboxylic acids is 1. The standard InChI is InChI=1S/C28H32N2O5/c1-4-5-14-24(26(31)29-25(27(32)33)16-15-18(2)3)30-28(34)35-17-23-21-12-8-6-10-19(21)20-11-7-9-13-22(20)23/h4,6-13,15,23-25H,1,5,14,16-17H2,2-3H3,(H,29,31)(H,30,34)(H,32,33). The monoisotopic (exact) mass is 476 g/mol. The summed E-state index contributed by atoms with van der Waals surface area (Å²) < 4.78 is 5.55. The molecular weight excluding hydrogens is 444 g/mol. The lowest BCUT2D eigenvalue weighted by Gasteiger charge is -2.21. The molecule has 0 radical (unpaired) electrons. The van der Waals surface area contributed by atoms with Gasteiger partial charge < -0.3 is 20.5 Å². The minimum Gasteiger partial charge on any atom is -0.480 e. The summed E-state index contributed by atoms with van der Waals surface area (Å²) in [7, 11) is 0. The highest BCUT2D eigenvalue weighted by Crippen LogP contribution is 2.44. The highest BCUT2D eigenvalue weighted by atomic mass is 16.5. The molecule has 2 unspecified atom stereocenters. The van der Waals surface area contributed by atoms with Crippen LogP contribution >= 0.6 is 0 Å². The highest BCUT2D eigenvalue weighted by Gasteiger charge is 2.30. The highest BCUT2D eigenvalue weighted by molar-refractivity contribution is 5.89. The van der Waals surface area contributed by atoms with E-state index in [4.69, 9.17) is 4.74 Å². The summed E-state index contributed by atoms with van der Waals surface area (Å²) in [6.45, 7) is 7.49. The topological polar surface area (TPSA) is 105 Å². The summed E-state index contributed by atoms with van der Waals surface area (Å²) in [4.78, 5) is 37.1. The lowest BCUT2D eigenvalue weighted by Crippen LogP contribution is -2.51. The minimum atomic E-state index is -1.14. The fourth-order valence-corrected chi connectivity index (χ4v) is 4.18. The van der Waals surface area contributed by atoms with E-state index in [0.717, 1.165) is 27.8 Å². The van der Waals surface area contributed by atoms with Crippen LogP contribution in [-0.2, 0) is 14.3 Å². The van der Waals surface area contributed by atoms with Crippen LogP contribution in [0.3, 0.4) is 0 Å². The molecule has 2 atom stereocenters. The third kappa shape index (κ3) is 6.59. The summed E-state index contributed by atoms with van der Waals surface area (Å²) in [5.74, 6) is -1.82. The maximum atomic E-state index is 12.8. The van der Waals surface area contributed by atoms with Crippen LogP contribution in [0.5, 0.6) is 0 Å². The van der Waals surface area contributed by atoms with Crippen molar-refractivity contribution in [3.8, 4) is 11.1 Å². The maximum Gasteiger partial charge on any atom is 0.407 e. The average molecular weight is 477 g/mol. The van der Waals surface area contributed by atoms with E-state index in [1.807, 2.05) is 50.2 Å². The molecule has 0 bridgehead atoms. The normalized spacial score (nSPS) is 13.5. The summed E-state index contributed by atoms with van der Waals surface area (Å²) in [6, 6.07) is 14.0. The van der Waals surface area contributed by atoms with Gasteiger partial charge in [0.15, 0.2) is 0 Å². The first kappa shape index (κ1) is 25.7. The van der Waals surface area contributed by atoms with E-state index < -0.39 is 30.1 Å². The van der Waals surface area contributed by atoms with E-state index >= 15 is 0 Å². The molecule has 0 fully saturated rings. The van der Waals surface area contributed by atoms with Gasteiger partial charge in [0, 0.05) is 5.92 Å². The quantitative estimate of drug-likeness (QED) is 0.405. The first-order chi connectivity index (χ1) is 16.8. The molecule has 7 heteroatoms. The molecule has 0 spiro atoms. The van der Waals surface area contributed by atoms with Gasteiger partial charge in [0.1, 0.15) is 18.7 Å². The van der Waals surface area contributed by atoms with E-state index in [1.54, 1.807) is 12.2 Å². The molecule has 35 heavy (non-hydrogen) atoms. The van der Waals surface area contributed by atoms with Gasteiger partial charge in [-0.1, -0.05) is 66.3 Å². The molecule has 1 aliphatic carbocycles. The number of carbonyl (C=O) groups is 3. The lowest BCUT2D eigenvalue weighted by molar-refractivity contribution is -0.142. The number of carboxylic acids is 1. The predicted molar refractivity (Wildman–Crippen MR) is 135 cm³/mol. The molecule has 184 valence electrons. The van der Waals surface area contributed by atoms with Crippen LogP contribution in [0.4, 0.5) is 4.79 Å². The van der Waals surface area contributed by atoms with E-state index in [2.05, 4.69) is 29.3 Å². The van der Waals surface area contributed by atoms with Crippen molar-refractivity contribution in [3.63, 3.8) is 0 Å². The number of ether oxygens (including phenoxy) is 1. The number of hydrogen-bond donors (Lipinski definition) is 3. The van der Waals surface area contributed by atoms with Crippen molar-refractivity contribution in [2.45, 2.75) is 51.1 Å². The second-order valence-electron chi connectivity index (χ2n) is 8.81.